The topological polar surface area (TPSA) is 50.8 Å². The predicted molar refractivity (Wildman–Crippen MR) is 82.7 cm³/mol. The maximum atomic E-state index is 11.3. The molecule has 1 heterocycles. The molecule has 21 heavy (non-hydrogen) atoms. The first-order valence-electron chi connectivity index (χ1n) is 7.43. The number of benzene rings is 1. The zero-order valence-corrected chi connectivity index (χ0v) is 12.8. The van der Waals surface area contributed by atoms with E-state index in [0.717, 1.165) is 37.4 Å². The predicted octanol–water partition coefficient (Wildman–Crippen LogP) is 2.13. The standard InChI is InChI=1S/C16H24N2O3/c1-13(19)18-8-6-14(7-9-18)17-15-4-3-5-16(12-15)21-11-10-20-2/h3-5,12,14,17H,6-11H2,1-2H3. The van der Waals surface area contributed by atoms with Crippen LogP contribution in [0.3, 0.4) is 0 Å². The Balaban J connectivity index is 1.83. The average molecular weight is 292 g/mol. The molecule has 0 atom stereocenters. The van der Waals surface area contributed by atoms with E-state index in [1.54, 1.807) is 14.0 Å². The molecular formula is C16H24N2O3. The molecule has 0 spiro atoms. The van der Waals surface area contributed by atoms with Crippen molar-refractivity contribution in [2.75, 3.05) is 38.7 Å². The van der Waals surface area contributed by atoms with E-state index in [1.165, 1.54) is 0 Å². The fourth-order valence-corrected chi connectivity index (χ4v) is 2.49. The number of hydrogen-bond acceptors (Lipinski definition) is 4. The van der Waals surface area contributed by atoms with Crippen LogP contribution in [0.25, 0.3) is 0 Å². The number of nitrogens with zero attached hydrogens (tertiary/aromatic N) is 1. The van der Waals surface area contributed by atoms with Crippen LogP contribution in [-0.4, -0.2) is 50.3 Å². The second-order valence-corrected chi connectivity index (χ2v) is 5.29. The summed E-state index contributed by atoms with van der Waals surface area (Å²) in [7, 11) is 1.66. The van der Waals surface area contributed by atoms with Gasteiger partial charge in [0.15, 0.2) is 0 Å². The van der Waals surface area contributed by atoms with Gasteiger partial charge in [0.2, 0.25) is 5.91 Å². The smallest absolute Gasteiger partial charge is 0.219 e. The van der Waals surface area contributed by atoms with Gasteiger partial charge < -0.3 is 19.7 Å². The molecule has 1 aromatic carbocycles. The van der Waals surface area contributed by atoms with Gasteiger partial charge >= 0.3 is 0 Å². The normalized spacial score (nSPS) is 15.8. The monoisotopic (exact) mass is 292 g/mol. The number of nitrogens with one attached hydrogen (secondary N) is 1. The van der Waals surface area contributed by atoms with Crippen LogP contribution in [0.15, 0.2) is 24.3 Å². The van der Waals surface area contributed by atoms with Gasteiger partial charge in [0.05, 0.1) is 6.61 Å². The third-order valence-electron chi connectivity index (χ3n) is 3.70. The lowest BCUT2D eigenvalue weighted by molar-refractivity contribution is -0.129. The molecule has 5 heteroatoms. The highest BCUT2D eigenvalue weighted by molar-refractivity contribution is 5.73. The van der Waals surface area contributed by atoms with Gasteiger partial charge in [-0.3, -0.25) is 4.79 Å². The van der Waals surface area contributed by atoms with Crippen LogP contribution in [0.5, 0.6) is 5.75 Å². The van der Waals surface area contributed by atoms with Crippen molar-refractivity contribution in [1.29, 1.82) is 0 Å². The molecule has 1 saturated heterocycles. The van der Waals surface area contributed by atoms with Gasteiger partial charge in [0, 0.05) is 44.9 Å². The first-order valence-corrected chi connectivity index (χ1v) is 7.43. The van der Waals surface area contributed by atoms with E-state index in [1.807, 2.05) is 29.2 Å². The number of anilines is 1. The van der Waals surface area contributed by atoms with Gasteiger partial charge in [-0.1, -0.05) is 6.07 Å². The molecule has 116 valence electrons. The van der Waals surface area contributed by atoms with E-state index in [4.69, 9.17) is 9.47 Å². The largest absolute Gasteiger partial charge is 0.491 e. The minimum absolute atomic E-state index is 0.169. The fourth-order valence-electron chi connectivity index (χ4n) is 2.49. The molecule has 1 fully saturated rings. The first-order chi connectivity index (χ1) is 10.2. The van der Waals surface area contributed by atoms with Crippen LogP contribution in [0.4, 0.5) is 5.69 Å². The molecule has 1 N–H and O–H groups in total. The lowest BCUT2D eigenvalue weighted by Crippen LogP contribution is -2.41. The Morgan fingerprint density at radius 2 is 2.10 bits per heavy atom. The van der Waals surface area contributed by atoms with Crippen molar-refractivity contribution in [3.05, 3.63) is 24.3 Å². The molecule has 0 saturated carbocycles. The SMILES string of the molecule is COCCOc1cccc(NC2CCN(C(C)=O)CC2)c1. The third-order valence-corrected chi connectivity index (χ3v) is 3.70. The summed E-state index contributed by atoms with van der Waals surface area (Å²) < 4.78 is 10.6. The lowest BCUT2D eigenvalue weighted by Gasteiger charge is -2.32. The number of hydrogen-bond donors (Lipinski definition) is 1. The van der Waals surface area contributed by atoms with Crippen molar-refractivity contribution < 1.29 is 14.3 Å². The van der Waals surface area contributed by atoms with Crippen molar-refractivity contribution in [3.8, 4) is 5.75 Å². The quantitative estimate of drug-likeness (QED) is 0.816. The zero-order chi connectivity index (χ0) is 15.1. The van der Waals surface area contributed by atoms with Crippen LogP contribution < -0.4 is 10.1 Å². The van der Waals surface area contributed by atoms with E-state index < -0.39 is 0 Å². The molecule has 0 aliphatic carbocycles. The summed E-state index contributed by atoms with van der Waals surface area (Å²) in [5.41, 5.74) is 1.06. The van der Waals surface area contributed by atoms with Crippen molar-refractivity contribution in [2.24, 2.45) is 0 Å². The van der Waals surface area contributed by atoms with E-state index in [-0.39, 0.29) is 5.91 Å². The molecule has 1 aromatic rings. The number of amides is 1. The Morgan fingerprint density at radius 3 is 2.76 bits per heavy atom. The summed E-state index contributed by atoms with van der Waals surface area (Å²) in [6.07, 6.45) is 1.96. The van der Waals surface area contributed by atoms with Crippen molar-refractivity contribution in [3.63, 3.8) is 0 Å². The summed E-state index contributed by atoms with van der Waals surface area (Å²) in [5, 5.41) is 3.52. The average Bonchev–Trinajstić information content (AvgIpc) is 2.48. The highest BCUT2D eigenvalue weighted by Gasteiger charge is 2.20. The summed E-state index contributed by atoms with van der Waals surface area (Å²) in [4.78, 5) is 13.2. The van der Waals surface area contributed by atoms with Crippen LogP contribution in [-0.2, 0) is 9.53 Å². The Kier molecular flexibility index (Phi) is 5.87. The molecule has 5 nitrogen and oxygen atoms in total. The minimum Gasteiger partial charge on any atom is -0.491 e. The number of carbonyl (C=O) groups excluding carboxylic acids is 1. The Bertz CT molecular complexity index is 457. The van der Waals surface area contributed by atoms with Gasteiger partial charge in [-0.2, -0.15) is 0 Å². The highest BCUT2D eigenvalue weighted by atomic mass is 16.5. The van der Waals surface area contributed by atoms with E-state index in [9.17, 15) is 4.79 Å². The Labute approximate surface area is 126 Å². The van der Waals surface area contributed by atoms with Crippen LogP contribution >= 0.6 is 0 Å². The number of piperidine rings is 1. The van der Waals surface area contributed by atoms with Crippen LogP contribution in [0.2, 0.25) is 0 Å². The molecule has 1 aliphatic rings. The minimum atomic E-state index is 0.169. The number of likely N-dealkylation sites (tertiary alicyclic amines) is 1. The molecule has 2 rings (SSSR count). The molecule has 0 bridgehead atoms. The number of rotatable bonds is 6. The fraction of sp³-hybridized carbons (Fsp3) is 0.562. The van der Waals surface area contributed by atoms with Crippen molar-refractivity contribution in [1.82, 2.24) is 4.90 Å². The summed E-state index contributed by atoms with van der Waals surface area (Å²) in [6.45, 7) is 4.43. The van der Waals surface area contributed by atoms with Gasteiger partial charge in [-0.15, -0.1) is 0 Å². The second-order valence-electron chi connectivity index (χ2n) is 5.29. The number of carbonyl (C=O) groups is 1. The van der Waals surface area contributed by atoms with Crippen LogP contribution in [0.1, 0.15) is 19.8 Å². The molecule has 1 aliphatic heterocycles. The highest BCUT2D eigenvalue weighted by Crippen LogP contribution is 2.21. The third kappa shape index (κ3) is 4.93. The second kappa shape index (κ2) is 7.88. The number of ether oxygens (including phenoxy) is 2. The lowest BCUT2D eigenvalue weighted by atomic mass is 10.0. The molecule has 1 amide bonds. The van der Waals surface area contributed by atoms with Gasteiger partial charge in [-0.05, 0) is 25.0 Å². The summed E-state index contributed by atoms with van der Waals surface area (Å²) in [6, 6.07) is 8.39. The molecular weight excluding hydrogens is 268 g/mol. The molecule has 0 radical (unpaired) electrons. The van der Waals surface area contributed by atoms with Gasteiger partial charge in [0.1, 0.15) is 12.4 Å². The van der Waals surface area contributed by atoms with Crippen molar-refractivity contribution >= 4 is 11.6 Å². The van der Waals surface area contributed by atoms with Gasteiger partial charge in [-0.25, -0.2) is 0 Å². The maximum Gasteiger partial charge on any atom is 0.219 e. The van der Waals surface area contributed by atoms with E-state index in [0.29, 0.717) is 19.3 Å². The number of methoxy groups -OCH3 is 1. The summed E-state index contributed by atoms with van der Waals surface area (Å²) >= 11 is 0. The maximum absolute atomic E-state index is 11.3. The van der Waals surface area contributed by atoms with Gasteiger partial charge in [0.25, 0.3) is 0 Å². The molecule has 0 unspecified atom stereocenters. The van der Waals surface area contributed by atoms with Crippen LogP contribution in [0, 0.1) is 0 Å². The van der Waals surface area contributed by atoms with Crippen molar-refractivity contribution in [2.45, 2.75) is 25.8 Å². The first kappa shape index (κ1) is 15.6. The Morgan fingerprint density at radius 1 is 1.33 bits per heavy atom. The zero-order valence-electron chi connectivity index (χ0n) is 12.8. The Hall–Kier alpha value is -1.75. The molecule has 0 aromatic heterocycles. The summed E-state index contributed by atoms with van der Waals surface area (Å²) in [5.74, 6) is 1.01. The van der Waals surface area contributed by atoms with E-state index in [2.05, 4.69) is 5.32 Å². The van der Waals surface area contributed by atoms with E-state index >= 15 is 0 Å².